The summed E-state index contributed by atoms with van der Waals surface area (Å²) >= 11 is 1.41. The number of hydrogen-bond donors (Lipinski definition) is 2. The first-order chi connectivity index (χ1) is 11.1. The van der Waals surface area contributed by atoms with E-state index >= 15 is 0 Å². The Morgan fingerprint density at radius 1 is 1.30 bits per heavy atom. The maximum atomic E-state index is 12.1. The molecule has 1 aromatic heterocycles. The van der Waals surface area contributed by atoms with Crippen LogP contribution in [0.25, 0.3) is 0 Å². The van der Waals surface area contributed by atoms with Crippen molar-refractivity contribution in [2.75, 3.05) is 11.9 Å². The summed E-state index contributed by atoms with van der Waals surface area (Å²) < 4.78 is 0. The third kappa shape index (κ3) is 3.78. The molecular weight excluding hydrogens is 310 g/mol. The highest BCUT2D eigenvalue weighted by Gasteiger charge is 2.28. The lowest BCUT2D eigenvalue weighted by Crippen LogP contribution is -2.39. The first kappa shape index (κ1) is 15.7. The zero-order valence-corrected chi connectivity index (χ0v) is 13.5. The van der Waals surface area contributed by atoms with Gasteiger partial charge in [0.2, 0.25) is 5.91 Å². The van der Waals surface area contributed by atoms with Crippen molar-refractivity contribution in [1.82, 2.24) is 4.90 Å². The third-order valence-electron chi connectivity index (χ3n) is 4.01. The van der Waals surface area contributed by atoms with Crippen LogP contribution in [0.4, 0.5) is 5.69 Å². The van der Waals surface area contributed by atoms with Crippen LogP contribution in [-0.4, -0.2) is 29.3 Å². The van der Waals surface area contributed by atoms with Crippen LogP contribution in [0.2, 0.25) is 0 Å². The Morgan fingerprint density at radius 3 is 2.91 bits per heavy atom. The fourth-order valence-corrected chi connectivity index (χ4v) is 3.54. The van der Waals surface area contributed by atoms with Crippen molar-refractivity contribution >= 4 is 28.8 Å². The van der Waals surface area contributed by atoms with E-state index in [1.165, 1.54) is 11.3 Å². The van der Waals surface area contributed by atoms with Crippen LogP contribution < -0.4 is 11.1 Å². The van der Waals surface area contributed by atoms with E-state index in [0.717, 1.165) is 30.6 Å². The van der Waals surface area contributed by atoms with E-state index in [1.807, 2.05) is 35.7 Å². The maximum Gasteiger partial charge on any atom is 0.265 e. The Morgan fingerprint density at radius 2 is 2.17 bits per heavy atom. The Kier molecular flexibility index (Phi) is 4.73. The molecule has 5 nitrogen and oxygen atoms in total. The molecular formula is C17H19N3O2S. The number of carbonyl (C=O) groups excluding carboxylic acids is 2. The van der Waals surface area contributed by atoms with E-state index in [-0.39, 0.29) is 17.9 Å². The van der Waals surface area contributed by atoms with Gasteiger partial charge in [-0.2, -0.15) is 0 Å². The van der Waals surface area contributed by atoms with Gasteiger partial charge in [0.15, 0.2) is 0 Å². The molecule has 0 bridgehead atoms. The predicted molar refractivity (Wildman–Crippen MR) is 91.3 cm³/mol. The second-order valence-corrected chi connectivity index (χ2v) is 6.61. The molecule has 2 aromatic rings. The summed E-state index contributed by atoms with van der Waals surface area (Å²) in [6.07, 6.45) is 1.81. The molecule has 1 aliphatic rings. The number of nitrogens with zero attached hydrogens (tertiary/aromatic N) is 1. The minimum absolute atomic E-state index is 0.103. The number of nitrogens with two attached hydrogens (primary N) is 1. The molecule has 3 N–H and O–H groups in total. The lowest BCUT2D eigenvalue weighted by molar-refractivity contribution is -0.122. The lowest BCUT2D eigenvalue weighted by Gasteiger charge is -2.22. The van der Waals surface area contributed by atoms with Gasteiger partial charge in [0.25, 0.3) is 5.91 Å². The normalized spacial score (nSPS) is 18.0. The smallest absolute Gasteiger partial charge is 0.265 e. The number of thiophene rings is 1. The Labute approximate surface area is 139 Å². The largest absolute Gasteiger partial charge is 0.368 e. The molecule has 1 aromatic carbocycles. The van der Waals surface area contributed by atoms with Crippen LogP contribution >= 0.6 is 11.3 Å². The Hall–Kier alpha value is -2.18. The zero-order valence-electron chi connectivity index (χ0n) is 12.7. The van der Waals surface area contributed by atoms with Gasteiger partial charge >= 0.3 is 0 Å². The van der Waals surface area contributed by atoms with Crippen LogP contribution in [0.1, 0.15) is 28.1 Å². The summed E-state index contributed by atoms with van der Waals surface area (Å²) in [5, 5.41) is 4.78. The van der Waals surface area contributed by atoms with E-state index in [4.69, 9.17) is 5.73 Å². The highest BCUT2D eigenvalue weighted by atomic mass is 32.1. The molecule has 120 valence electrons. The minimum Gasteiger partial charge on any atom is -0.368 e. The summed E-state index contributed by atoms with van der Waals surface area (Å²) in [4.78, 5) is 26.4. The molecule has 6 heteroatoms. The fraction of sp³-hybridized carbons (Fsp3) is 0.294. The van der Waals surface area contributed by atoms with Crippen LogP contribution in [-0.2, 0) is 11.3 Å². The summed E-state index contributed by atoms with van der Waals surface area (Å²) in [5.41, 5.74) is 7.27. The molecule has 0 radical (unpaired) electrons. The topological polar surface area (TPSA) is 75.4 Å². The van der Waals surface area contributed by atoms with Gasteiger partial charge in [-0.1, -0.05) is 18.2 Å². The maximum absolute atomic E-state index is 12.1. The van der Waals surface area contributed by atoms with Crippen molar-refractivity contribution in [3.63, 3.8) is 0 Å². The summed E-state index contributed by atoms with van der Waals surface area (Å²) in [7, 11) is 0. The van der Waals surface area contributed by atoms with Gasteiger partial charge < -0.3 is 11.1 Å². The number of benzene rings is 1. The van der Waals surface area contributed by atoms with Crippen LogP contribution in [0.5, 0.6) is 0 Å². The monoisotopic (exact) mass is 329 g/mol. The molecule has 23 heavy (non-hydrogen) atoms. The average molecular weight is 329 g/mol. The number of primary amides is 1. The van der Waals surface area contributed by atoms with Crippen LogP contribution in [0.3, 0.4) is 0 Å². The molecule has 0 aliphatic carbocycles. The summed E-state index contributed by atoms with van der Waals surface area (Å²) in [6.45, 7) is 1.54. The number of amides is 2. The quantitative estimate of drug-likeness (QED) is 0.885. The first-order valence-corrected chi connectivity index (χ1v) is 8.48. The minimum atomic E-state index is -0.260. The number of rotatable bonds is 5. The molecule has 0 saturated carbocycles. The van der Waals surface area contributed by atoms with Gasteiger partial charge in [0.05, 0.1) is 10.9 Å². The standard InChI is InChI=1S/C17H19N3O2S/c18-16(21)14-6-2-8-20(14)11-12-4-1-5-13(10-12)19-17(22)15-7-3-9-23-15/h1,3-5,7,9-10,14H,2,6,8,11H2,(H2,18,21)(H,19,22)/t14-/m0/s1. The molecule has 3 rings (SSSR count). The van der Waals surface area contributed by atoms with Gasteiger partial charge in [0, 0.05) is 12.2 Å². The molecule has 2 heterocycles. The highest BCUT2D eigenvalue weighted by Crippen LogP contribution is 2.21. The van der Waals surface area contributed by atoms with Crippen molar-refractivity contribution in [1.29, 1.82) is 0 Å². The van der Waals surface area contributed by atoms with E-state index in [1.54, 1.807) is 6.07 Å². The van der Waals surface area contributed by atoms with Crippen LogP contribution in [0.15, 0.2) is 41.8 Å². The van der Waals surface area contributed by atoms with Crippen molar-refractivity contribution in [3.8, 4) is 0 Å². The highest BCUT2D eigenvalue weighted by molar-refractivity contribution is 7.12. The number of anilines is 1. The van der Waals surface area contributed by atoms with E-state index < -0.39 is 0 Å². The summed E-state index contributed by atoms with van der Waals surface area (Å²) in [6, 6.07) is 11.2. The molecule has 1 fully saturated rings. The fourth-order valence-electron chi connectivity index (χ4n) is 2.92. The molecule has 1 atom stereocenters. The van der Waals surface area contributed by atoms with Crippen LogP contribution in [0, 0.1) is 0 Å². The number of likely N-dealkylation sites (tertiary alicyclic amines) is 1. The van der Waals surface area contributed by atoms with Crippen molar-refractivity contribution in [2.24, 2.45) is 5.73 Å². The van der Waals surface area contributed by atoms with E-state index in [9.17, 15) is 9.59 Å². The SMILES string of the molecule is NC(=O)[C@@H]1CCCN1Cc1cccc(NC(=O)c2cccs2)c1. The molecule has 1 aliphatic heterocycles. The number of carbonyl (C=O) groups is 2. The van der Waals surface area contributed by atoms with Gasteiger partial charge in [0.1, 0.15) is 0 Å². The summed E-state index contributed by atoms with van der Waals surface area (Å²) in [5.74, 6) is -0.363. The lowest BCUT2D eigenvalue weighted by atomic mass is 10.1. The molecule has 0 unspecified atom stereocenters. The van der Waals surface area contributed by atoms with Gasteiger partial charge in [-0.15, -0.1) is 11.3 Å². The van der Waals surface area contributed by atoms with E-state index in [0.29, 0.717) is 11.4 Å². The number of nitrogens with one attached hydrogen (secondary N) is 1. The van der Waals surface area contributed by atoms with Gasteiger partial charge in [-0.3, -0.25) is 14.5 Å². The van der Waals surface area contributed by atoms with Crippen molar-refractivity contribution in [3.05, 3.63) is 52.2 Å². The zero-order chi connectivity index (χ0) is 16.2. The van der Waals surface area contributed by atoms with Crippen molar-refractivity contribution in [2.45, 2.75) is 25.4 Å². The predicted octanol–water partition coefficient (Wildman–Crippen LogP) is 2.45. The molecule has 0 spiro atoms. The number of hydrogen-bond acceptors (Lipinski definition) is 4. The molecule has 2 amide bonds. The Balaban J connectivity index is 1.68. The second kappa shape index (κ2) is 6.93. The second-order valence-electron chi connectivity index (χ2n) is 5.66. The average Bonchev–Trinajstić information content (AvgIpc) is 3.18. The van der Waals surface area contributed by atoms with E-state index in [2.05, 4.69) is 10.2 Å². The van der Waals surface area contributed by atoms with Gasteiger partial charge in [-0.25, -0.2) is 0 Å². The first-order valence-electron chi connectivity index (χ1n) is 7.60. The molecule has 1 saturated heterocycles. The Bertz CT molecular complexity index is 700. The third-order valence-corrected chi connectivity index (χ3v) is 4.88. The van der Waals surface area contributed by atoms with Gasteiger partial charge in [-0.05, 0) is 48.5 Å². The van der Waals surface area contributed by atoms with Crippen molar-refractivity contribution < 1.29 is 9.59 Å².